The van der Waals surface area contributed by atoms with Crippen molar-refractivity contribution < 1.29 is 0 Å². The Hall–Kier alpha value is -2.29. The summed E-state index contributed by atoms with van der Waals surface area (Å²) in [6, 6.07) is 19.0. The van der Waals surface area contributed by atoms with Gasteiger partial charge in [0.2, 0.25) is 5.95 Å². The van der Waals surface area contributed by atoms with E-state index in [2.05, 4.69) is 54.1 Å². The molecule has 0 fully saturated rings. The van der Waals surface area contributed by atoms with E-state index in [-0.39, 0.29) is 0 Å². The second-order valence-electron chi connectivity index (χ2n) is 5.28. The number of hydrogen-bond acceptors (Lipinski definition) is 2. The van der Waals surface area contributed by atoms with E-state index in [1.54, 1.807) is 0 Å². The topological polar surface area (TPSA) is 31.9 Å². The molecular weight excluding hydrogens is 246 g/mol. The van der Waals surface area contributed by atoms with Crippen LogP contribution in [0, 0.1) is 0 Å². The lowest BCUT2D eigenvalue weighted by atomic mass is 10.2. The van der Waals surface area contributed by atoms with Crippen molar-refractivity contribution in [2.45, 2.75) is 26.4 Å². The molecule has 3 aromatic rings. The fourth-order valence-electron chi connectivity index (χ4n) is 2.36. The molecule has 0 atom stereocenters. The first-order chi connectivity index (χ1) is 9.74. The van der Waals surface area contributed by atoms with Gasteiger partial charge < -0.3 is 9.88 Å². The fourth-order valence-corrected chi connectivity index (χ4v) is 2.36. The van der Waals surface area contributed by atoms with E-state index in [1.807, 2.05) is 24.3 Å². The van der Waals surface area contributed by atoms with Crippen molar-refractivity contribution in [1.82, 2.24) is 9.97 Å². The molecule has 0 saturated carbocycles. The Labute approximate surface area is 119 Å². The van der Waals surface area contributed by atoms with E-state index < -0.39 is 0 Å². The Morgan fingerprint density at radius 1 is 1.00 bits per heavy atom. The first kappa shape index (κ1) is 12.7. The maximum atomic E-state index is 4.70. The number of nitrogens with one attached hydrogen (secondary N) is 1. The quantitative estimate of drug-likeness (QED) is 0.773. The molecule has 3 nitrogen and oxygen atoms in total. The van der Waals surface area contributed by atoms with E-state index >= 15 is 0 Å². The van der Waals surface area contributed by atoms with E-state index in [1.165, 1.54) is 5.56 Å². The standard InChI is InChI=1S/C17H19N3/c1-13(2)20(12-14-8-4-3-5-9-14)17-18-15-10-6-7-11-16(15)19-17/h3-11,13H,12H2,1-2H3,(H,18,19). The van der Waals surface area contributed by atoms with Gasteiger partial charge >= 0.3 is 0 Å². The minimum Gasteiger partial charge on any atom is -0.336 e. The molecule has 0 saturated heterocycles. The fraction of sp³-hybridized carbons (Fsp3) is 0.235. The Balaban J connectivity index is 1.94. The van der Waals surface area contributed by atoms with E-state index in [0.717, 1.165) is 23.5 Å². The van der Waals surface area contributed by atoms with Gasteiger partial charge in [0, 0.05) is 12.6 Å². The van der Waals surface area contributed by atoms with Crippen molar-refractivity contribution in [2.24, 2.45) is 0 Å². The SMILES string of the molecule is CC(C)N(Cc1ccccc1)c1nc2ccccc2[nH]1. The van der Waals surface area contributed by atoms with Crippen molar-refractivity contribution in [3.8, 4) is 0 Å². The largest absolute Gasteiger partial charge is 0.336 e. The van der Waals surface area contributed by atoms with E-state index in [4.69, 9.17) is 4.98 Å². The zero-order valence-electron chi connectivity index (χ0n) is 11.9. The van der Waals surface area contributed by atoms with Crippen LogP contribution in [0.25, 0.3) is 11.0 Å². The molecule has 1 N–H and O–H groups in total. The molecule has 0 bridgehead atoms. The van der Waals surface area contributed by atoms with Crippen LogP contribution in [0.4, 0.5) is 5.95 Å². The smallest absolute Gasteiger partial charge is 0.204 e. The van der Waals surface area contributed by atoms with Gasteiger partial charge in [0.05, 0.1) is 11.0 Å². The first-order valence-electron chi connectivity index (χ1n) is 6.99. The third-order valence-corrected chi connectivity index (χ3v) is 3.47. The molecule has 3 heteroatoms. The lowest BCUT2D eigenvalue weighted by Gasteiger charge is -2.26. The molecule has 0 radical (unpaired) electrons. The van der Waals surface area contributed by atoms with Crippen LogP contribution in [-0.4, -0.2) is 16.0 Å². The van der Waals surface area contributed by atoms with Crippen LogP contribution in [0.5, 0.6) is 0 Å². The summed E-state index contributed by atoms with van der Waals surface area (Å²) in [6.07, 6.45) is 0. The third-order valence-electron chi connectivity index (χ3n) is 3.47. The summed E-state index contributed by atoms with van der Waals surface area (Å²) >= 11 is 0. The summed E-state index contributed by atoms with van der Waals surface area (Å²) in [6.45, 7) is 5.24. The average molecular weight is 265 g/mol. The molecule has 1 aromatic heterocycles. The summed E-state index contributed by atoms with van der Waals surface area (Å²) < 4.78 is 0. The van der Waals surface area contributed by atoms with E-state index in [0.29, 0.717) is 6.04 Å². The van der Waals surface area contributed by atoms with Crippen LogP contribution in [-0.2, 0) is 6.54 Å². The minimum absolute atomic E-state index is 0.385. The number of para-hydroxylation sites is 2. The highest BCUT2D eigenvalue weighted by atomic mass is 15.3. The van der Waals surface area contributed by atoms with Crippen molar-refractivity contribution in [1.29, 1.82) is 0 Å². The highest BCUT2D eigenvalue weighted by molar-refractivity contribution is 5.77. The molecule has 1 heterocycles. The third kappa shape index (κ3) is 2.52. The predicted octanol–water partition coefficient (Wildman–Crippen LogP) is 3.98. The Bertz CT molecular complexity index is 653. The molecule has 0 spiro atoms. The number of benzene rings is 2. The molecule has 0 amide bonds. The van der Waals surface area contributed by atoms with Gasteiger partial charge in [-0.05, 0) is 31.5 Å². The summed E-state index contributed by atoms with van der Waals surface area (Å²) in [5, 5.41) is 0. The van der Waals surface area contributed by atoms with Gasteiger partial charge in [0.1, 0.15) is 0 Å². The zero-order chi connectivity index (χ0) is 13.9. The van der Waals surface area contributed by atoms with Crippen LogP contribution in [0.15, 0.2) is 54.6 Å². The van der Waals surface area contributed by atoms with Crippen molar-refractivity contribution in [2.75, 3.05) is 4.90 Å². The maximum absolute atomic E-state index is 4.70. The zero-order valence-corrected chi connectivity index (χ0v) is 11.9. The maximum Gasteiger partial charge on any atom is 0.204 e. The van der Waals surface area contributed by atoms with Gasteiger partial charge in [0.15, 0.2) is 0 Å². The van der Waals surface area contributed by atoms with Crippen molar-refractivity contribution in [3.63, 3.8) is 0 Å². The molecule has 0 aliphatic heterocycles. The average Bonchev–Trinajstić information content (AvgIpc) is 2.89. The molecule has 2 aromatic carbocycles. The molecule has 20 heavy (non-hydrogen) atoms. The summed E-state index contributed by atoms with van der Waals surface area (Å²) in [4.78, 5) is 10.4. The number of aromatic amines is 1. The van der Waals surface area contributed by atoms with Crippen LogP contribution in [0.3, 0.4) is 0 Å². The number of hydrogen-bond donors (Lipinski definition) is 1. The van der Waals surface area contributed by atoms with E-state index in [9.17, 15) is 0 Å². The molecule has 0 aliphatic rings. The van der Waals surface area contributed by atoms with Crippen molar-refractivity contribution in [3.05, 3.63) is 60.2 Å². The second kappa shape index (κ2) is 5.37. The molecule has 102 valence electrons. The predicted molar refractivity (Wildman–Crippen MR) is 83.9 cm³/mol. The highest BCUT2D eigenvalue weighted by Crippen LogP contribution is 2.20. The van der Waals surface area contributed by atoms with Gasteiger partial charge in [-0.15, -0.1) is 0 Å². The lowest BCUT2D eigenvalue weighted by Crippen LogP contribution is -2.31. The highest BCUT2D eigenvalue weighted by Gasteiger charge is 2.15. The monoisotopic (exact) mass is 265 g/mol. The molecule has 3 rings (SSSR count). The van der Waals surface area contributed by atoms with Crippen LogP contribution >= 0.6 is 0 Å². The van der Waals surface area contributed by atoms with Gasteiger partial charge in [-0.1, -0.05) is 42.5 Å². The van der Waals surface area contributed by atoms with Gasteiger partial charge in [-0.25, -0.2) is 4.98 Å². The first-order valence-corrected chi connectivity index (χ1v) is 6.99. The second-order valence-corrected chi connectivity index (χ2v) is 5.28. The van der Waals surface area contributed by atoms with Crippen LogP contribution in [0.1, 0.15) is 19.4 Å². The number of H-pyrrole nitrogens is 1. The number of nitrogens with zero attached hydrogens (tertiary/aromatic N) is 2. The van der Waals surface area contributed by atoms with Gasteiger partial charge in [-0.3, -0.25) is 0 Å². The number of aromatic nitrogens is 2. The normalized spacial score (nSPS) is 11.2. The number of anilines is 1. The van der Waals surface area contributed by atoms with Gasteiger partial charge in [0.25, 0.3) is 0 Å². The number of fused-ring (bicyclic) bond motifs is 1. The minimum atomic E-state index is 0.385. The van der Waals surface area contributed by atoms with Gasteiger partial charge in [-0.2, -0.15) is 0 Å². The lowest BCUT2D eigenvalue weighted by molar-refractivity contribution is 0.666. The summed E-state index contributed by atoms with van der Waals surface area (Å²) in [5.41, 5.74) is 3.39. The summed E-state index contributed by atoms with van der Waals surface area (Å²) in [7, 11) is 0. The van der Waals surface area contributed by atoms with Crippen molar-refractivity contribution >= 4 is 17.0 Å². The molecule has 0 aliphatic carbocycles. The Morgan fingerprint density at radius 2 is 1.70 bits per heavy atom. The summed E-state index contributed by atoms with van der Waals surface area (Å²) in [5.74, 6) is 0.935. The number of rotatable bonds is 4. The Kier molecular flexibility index (Phi) is 3.42. The van der Waals surface area contributed by atoms with Crippen LogP contribution in [0.2, 0.25) is 0 Å². The van der Waals surface area contributed by atoms with Crippen LogP contribution < -0.4 is 4.90 Å². The Morgan fingerprint density at radius 3 is 2.40 bits per heavy atom. The number of imidazole rings is 1. The molecular formula is C17H19N3. The molecule has 0 unspecified atom stereocenters.